The Bertz CT molecular complexity index is 910. The monoisotopic (exact) mass is 379 g/mol. The maximum absolute atomic E-state index is 12.1. The first-order valence-electron chi connectivity index (χ1n) is 7.38. The lowest BCUT2D eigenvalue weighted by molar-refractivity contribution is -0.605. The van der Waals surface area contributed by atoms with Gasteiger partial charge >= 0.3 is 5.97 Å². The Balaban J connectivity index is 1.98. The van der Waals surface area contributed by atoms with Crippen LogP contribution in [-0.2, 0) is 19.6 Å². The fraction of sp³-hybridized carbons (Fsp3) is 0.188. The quantitative estimate of drug-likeness (QED) is 0.440. The summed E-state index contributed by atoms with van der Waals surface area (Å²) in [7, 11) is -0.830. The number of rotatable bonds is 6. The molecule has 0 radical (unpaired) electrons. The molecule has 0 aliphatic heterocycles. The van der Waals surface area contributed by atoms with Crippen molar-refractivity contribution >= 4 is 27.6 Å². The summed E-state index contributed by atoms with van der Waals surface area (Å²) in [5.41, 5.74) is 0.380. The molecule has 138 valence electrons. The van der Waals surface area contributed by atoms with E-state index in [0.717, 1.165) is 16.7 Å². The number of esters is 1. The molecule has 1 amide bonds. The van der Waals surface area contributed by atoms with E-state index >= 15 is 0 Å². The van der Waals surface area contributed by atoms with E-state index in [9.17, 15) is 23.2 Å². The number of hydrogen-bond acceptors (Lipinski definition) is 6. The number of pyridine rings is 1. The van der Waals surface area contributed by atoms with Gasteiger partial charge in [-0.2, -0.15) is 4.73 Å². The van der Waals surface area contributed by atoms with Crippen molar-refractivity contribution in [2.24, 2.45) is 0 Å². The number of nitrogens with zero attached hydrogens (tertiary/aromatic N) is 2. The van der Waals surface area contributed by atoms with Crippen LogP contribution in [0.2, 0.25) is 0 Å². The van der Waals surface area contributed by atoms with E-state index in [4.69, 9.17) is 4.74 Å². The van der Waals surface area contributed by atoms with Gasteiger partial charge in [-0.15, -0.1) is 0 Å². The molecule has 2 aromatic rings. The molecule has 10 heteroatoms. The lowest BCUT2D eigenvalue weighted by Gasteiger charge is -2.12. The molecule has 0 aliphatic rings. The highest BCUT2D eigenvalue weighted by molar-refractivity contribution is 7.89. The van der Waals surface area contributed by atoms with Crippen molar-refractivity contribution in [2.75, 3.05) is 26.0 Å². The van der Waals surface area contributed by atoms with Crippen LogP contribution in [0.4, 0.5) is 5.69 Å². The van der Waals surface area contributed by atoms with Gasteiger partial charge in [0.2, 0.25) is 10.0 Å². The number of hydrogen-bond donors (Lipinski definition) is 1. The average molecular weight is 379 g/mol. The van der Waals surface area contributed by atoms with Crippen molar-refractivity contribution in [2.45, 2.75) is 4.90 Å². The summed E-state index contributed by atoms with van der Waals surface area (Å²) in [4.78, 5) is 23.7. The highest BCUT2D eigenvalue weighted by Crippen LogP contribution is 2.17. The summed E-state index contributed by atoms with van der Waals surface area (Å²) in [5.74, 6) is -1.39. The smallest absolute Gasteiger partial charge is 0.339 e. The van der Waals surface area contributed by atoms with Crippen LogP contribution < -0.4 is 10.0 Å². The lowest BCUT2D eigenvalue weighted by atomic mass is 10.3. The molecule has 1 N–H and O–H groups in total. The first-order valence-corrected chi connectivity index (χ1v) is 8.82. The molecule has 26 heavy (non-hydrogen) atoms. The minimum absolute atomic E-state index is 0.0208. The lowest BCUT2D eigenvalue weighted by Crippen LogP contribution is -2.25. The maximum atomic E-state index is 12.1. The second-order valence-electron chi connectivity index (χ2n) is 5.39. The van der Waals surface area contributed by atoms with Crippen molar-refractivity contribution in [3.05, 3.63) is 59.6 Å². The maximum Gasteiger partial charge on any atom is 0.339 e. The summed E-state index contributed by atoms with van der Waals surface area (Å²) in [5, 5.41) is 13.4. The van der Waals surface area contributed by atoms with Crippen molar-refractivity contribution < 1.29 is 27.5 Å². The van der Waals surface area contributed by atoms with E-state index in [1.54, 1.807) is 0 Å². The minimum Gasteiger partial charge on any atom is -0.619 e. The van der Waals surface area contributed by atoms with Crippen LogP contribution in [0.3, 0.4) is 0 Å². The molecular formula is C16H17N3O6S. The van der Waals surface area contributed by atoms with Crippen molar-refractivity contribution in [3.63, 3.8) is 0 Å². The van der Waals surface area contributed by atoms with Crippen LogP contribution in [0.25, 0.3) is 0 Å². The summed E-state index contributed by atoms with van der Waals surface area (Å²) in [6.07, 6.45) is 2.26. The molecule has 0 fully saturated rings. The van der Waals surface area contributed by atoms with Crippen LogP contribution in [0.5, 0.6) is 0 Å². The Morgan fingerprint density at radius 1 is 1.19 bits per heavy atom. The van der Waals surface area contributed by atoms with Gasteiger partial charge in [-0.05, 0) is 18.2 Å². The van der Waals surface area contributed by atoms with Crippen molar-refractivity contribution in [1.82, 2.24) is 4.31 Å². The van der Waals surface area contributed by atoms with Crippen molar-refractivity contribution in [3.8, 4) is 0 Å². The van der Waals surface area contributed by atoms with Gasteiger partial charge in [-0.25, -0.2) is 17.5 Å². The second-order valence-corrected chi connectivity index (χ2v) is 7.54. The van der Waals surface area contributed by atoms with E-state index in [0.29, 0.717) is 4.73 Å². The van der Waals surface area contributed by atoms with Gasteiger partial charge in [-0.1, -0.05) is 6.07 Å². The summed E-state index contributed by atoms with van der Waals surface area (Å²) in [6, 6.07) is 8.24. The fourth-order valence-electron chi connectivity index (χ4n) is 1.91. The molecule has 0 atom stereocenters. The standard InChI is InChI=1S/C16H17N3O6S/c1-18(2)26(23,24)14-5-3-4-13(10-14)17-15(20)11-25-16(21)12-6-8-19(22)9-7-12/h3-10H,11H2,1-2H3,(H,17,20). The molecule has 0 aliphatic carbocycles. The summed E-state index contributed by atoms with van der Waals surface area (Å²) >= 11 is 0. The Kier molecular flexibility index (Phi) is 5.90. The molecule has 0 saturated heterocycles. The SMILES string of the molecule is CN(C)S(=O)(=O)c1cccc(NC(=O)COC(=O)c2cc[n+]([O-])cc2)c1. The number of carbonyl (C=O) groups is 2. The Morgan fingerprint density at radius 2 is 1.85 bits per heavy atom. The average Bonchev–Trinajstić information content (AvgIpc) is 2.60. The Hall–Kier alpha value is -2.98. The molecule has 0 unspecified atom stereocenters. The summed E-state index contributed by atoms with van der Waals surface area (Å²) in [6.45, 7) is -0.560. The van der Waals surface area contributed by atoms with Crippen LogP contribution >= 0.6 is 0 Å². The van der Waals surface area contributed by atoms with Gasteiger partial charge in [0, 0.05) is 31.9 Å². The molecule has 0 saturated carbocycles. The van der Waals surface area contributed by atoms with E-state index in [1.807, 2.05) is 0 Å². The highest BCUT2D eigenvalue weighted by atomic mass is 32.2. The topological polar surface area (TPSA) is 120 Å². The number of nitrogens with one attached hydrogen (secondary N) is 1. The van der Waals surface area contributed by atoms with Gasteiger partial charge in [0.25, 0.3) is 5.91 Å². The number of benzene rings is 1. The number of sulfonamides is 1. The Labute approximate surface area is 150 Å². The van der Waals surface area contributed by atoms with E-state index < -0.39 is 28.5 Å². The highest BCUT2D eigenvalue weighted by Gasteiger charge is 2.18. The first kappa shape index (κ1) is 19.3. The van der Waals surface area contributed by atoms with E-state index in [2.05, 4.69) is 5.32 Å². The second kappa shape index (κ2) is 7.93. The third-order valence-electron chi connectivity index (χ3n) is 3.27. The molecule has 0 spiro atoms. The number of ether oxygens (including phenoxy) is 1. The normalized spacial score (nSPS) is 11.2. The summed E-state index contributed by atoms with van der Waals surface area (Å²) < 4.78 is 30.6. The first-order chi connectivity index (χ1) is 12.2. The zero-order valence-corrected chi connectivity index (χ0v) is 14.9. The van der Waals surface area contributed by atoms with Gasteiger partial charge < -0.3 is 15.3 Å². The van der Waals surface area contributed by atoms with Crippen LogP contribution in [0.1, 0.15) is 10.4 Å². The fourth-order valence-corrected chi connectivity index (χ4v) is 2.85. The molecule has 2 rings (SSSR count). The van der Waals surface area contributed by atoms with Crippen LogP contribution in [-0.4, -0.2) is 45.3 Å². The zero-order chi connectivity index (χ0) is 19.3. The van der Waals surface area contributed by atoms with Gasteiger partial charge in [0.15, 0.2) is 19.0 Å². The molecule has 1 aromatic heterocycles. The number of amides is 1. The molecular weight excluding hydrogens is 362 g/mol. The van der Waals surface area contributed by atoms with E-state index in [1.165, 1.54) is 50.5 Å². The zero-order valence-electron chi connectivity index (χ0n) is 14.1. The van der Waals surface area contributed by atoms with Crippen molar-refractivity contribution in [1.29, 1.82) is 0 Å². The van der Waals surface area contributed by atoms with E-state index in [-0.39, 0.29) is 16.1 Å². The van der Waals surface area contributed by atoms with Gasteiger partial charge in [-0.3, -0.25) is 4.79 Å². The molecule has 1 aromatic carbocycles. The number of anilines is 1. The number of carbonyl (C=O) groups excluding carboxylic acids is 2. The molecule has 9 nitrogen and oxygen atoms in total. The third kappa shape index (κ3) is 4.77. The number of aromatic nitrogens is 1. The largest absolute Gasteiger partial charge is 0.619 e. The van der Waals surface area contributed by atoms with Gasteiger partial charge in [0.1, 0.15) is 0 Å². The molecule has 1 heterocycles. The third-order valence-corrected chi connectivity index (χ3v) is 5.08. The minimum atomic E-state index is -3.63. The predicted octanol–water partition coefficient (Wildman–Crippen LogP) is 0.366. The molecule has 0 bridgehead atoms. The van der Waals surface area contributed by atoms with Crippen LogP contribution in [0, 0.1) is 5.21 Å². The Morgan fingerprint density at radius 3 is 2.46 bits per heavy atom. The van der Waals surface area contributed by atoms with Crippen LogP contribution in [0.15, 0.2) is 53.7 Å². The van der Waals surface area contributed by atoms with Gasteiger partial charge in [0.05, 0.1) is 10.5 Å². The predicted molar refractivity (Wildman–Crippen MR) is 91.6 cm³/mol.